The van der Waals surface area contributed by atoms with E-state index in [0.717, 1.165) is 0 Å². The van der Waals surface area contributed by atoms with Crippen LogP contribution in [-0.2, 0) is 4.79 Å². The number of ether oxygens (including phenoxy) is 1. The molecule has 1 heterocycles. The summed E-state index contributed by atoms with van der Waals surface area (Å²) in [7, 11) is 1.44. The number of amides is 1. The first-order valence-electron chi connectivity index (χ1n) is 8.25. The van der Waals surface area contributed by atoms with Crippen molar-refractivity contribution < 1.29 is 32.9 Å². The largest absolute Gasteiger partial charge is 0.497 e. The van der Waals surface area contributed by atoms with Gasteiger partial charge < -0.3 is 14.9 Å². The van der Waals surface area contributed by atoms with E-state index in [1.807, 2.05) is 0 Å². The Morgan fingerprint density at radius 3 is 2.32 bits per heavy atom. The van der Waals surface area contributed by atoms with Crippen LogP contribution in [0.3, 0.4) is 0 Å². The Hall–Kier alpha value is -2.91. The van der Waals surface area contributed by atoms with Crippen LogP contribution in [0.25, 0.3) is 0 Å². The molecule has 9 heteroatoms. The fourth-order valence-electron chi connectivity index (χ4n) is 2.84. The zero-order valence-corrected chi connectivity index (χ0v) is 14.7. The second-order valence-corrected chi connectivity index (χ2v) is 6.23. The zero-order valence-electron chi connectivity index (χ0n) is 14.7. The summed E-state index contributed by atoms with van der Waals surface area (Å²) in [6.45, 7) is 0. The predicted octanol–water partition coefficient (Wildman–Crippen LogP) is 2.62. The van der Waals surface area contributed by atoms with Gasteiger partial charge in [-0.3, -0.25) is 4.79 Å². The van der Waals surface area contributed by atoms with Crippen molar-refractivity contribution in [2.45, 2.75) is 24.4 Å². The molecule has 1 aliphatic heterocycles. The molecule has 2 aromatic rings. The molecule has 0 spiro atoms. The van der Waals surface area contributed by atoms with Crippen molar-refractivity contribution in [2.75, 3.05) is 7.11 Å². The maximum absolute atomic E-state index is 13.6. The summed E-state index contributed by atoms with van der Waals surface area (Å²) in [5.74, 6) is -0.893. The fourth-order valence-corrected chi connectivity index (χ4v) is 2.84. The number of carbonyl (C=O) groups excluding carboxylic acids is 1. The number of hydrogen-bond acceptors (Lipinski definition) is 5. The van der Waals surface area contributed by atoms with Gasteiger partial charge in [0.05, 0.1) is 19.2 Å². The first-order chi connectivity index (χ1) is 13.2. The molecule has 2 atom stereocenters. The Balaban J connectivity index is 1.98. The third-order valence-electron chi connectivity index (χ3n) is 4.42. The highest BCUT2D eigenvalue weighted by molar-refractivity contribution is 6.04. The number of hydrazone groups is 1. The molecule has 148 valence electrons. The molecule has 28 heavy (non-hydrogen) atoms. The van der Waals surface area contributed by atoms with Gasteiger partial charge in [-0.15, -0.1) is 0 Å². The Morgan fingerprint density at radius 1 is 1.18 bits per heavy atom. The van der Waals surface area contributed by atoms with Crippen LogP contribution in [0.5, 0.6) is 5.75 Å². The average Bonchev–Trinajstić information content (AvgIpc) is 3.06. The van der Waals surface area contributed by atoms with Gasteiger partial charge in [0.15, 0.2) is 6.10 Å². The molecule has 0 fully saturated rings. The van der Waals surface area contributed by atoms with E-state index in [9.17, 15) is 28.2 Å². The maximum atomic E-state index is 13.6. The van der Waals surface area contributed by atoms with Gasteiger partial charge >= 0.3 is 6.18 Å². The van der Waals surface area contributed by atoms with Crippen LogP contribution < -0.4 is 4.74 Å². The molecule has 0 aromatic heterocycles. The molecule has 0 aliphatic carbocycles. The minimum atomic E-state index is -5.18. The Morgan fingerprint density at radius 2 is 1.79 bits per heavy atom. The molecule has 2 N–H and O–H groups in total. The van der Waals surface area contributed by atoms with Gasteiger partial charge in [-0.2, -0.15) is 23.3 Å². The minimum absolute atomic E-state index is 0.0791. The lowest BCUT2D eigenvalue weighted by molar-refractivity contribution is -0.303. The smallest absolute Gasteiger partial charge is 0.438 e. The van der Waals surface area contributed by atoms with E-state index in [0.29, 0.717) is 5.75 Å². The van der Waals surface area contributed by atoms with E-state index >= 15 is 0 Å². The van der Waals surface area contributed by atoms with Gasteiger partial charge in [-0.05, 0) is 35.4 Å². The molecule has 0 bridgehead atoms. The Bertz CT molecular complexity index is 884. The first-order valence-corrected chi connectivity index (χ1v) is 8.25. The van der Waals surface area contributed by atoms with Crippen LogP contribution in [0.1, 0.15) is 23.7 Å². The molecular formula is C19H17F3N2O4. The van der Waals surface area contributed by atoms with Gasteiger partial charge in [0.25, 0.3) is 11.6 Å². The van der Waals surface area contributed by atoms with Crippen LogP contribution in [-0.4, -0.2) is 45.9 Å². The molecule has 1 amide bonds. The van der Waals surface area contributed by atoms with Crippen molar-refractivity contribution in [3.8, 4) is 5.75 Å². The number of nitrogens with zero attached hydrogens (tertiary/aromatic N) is 2. The van der Waals surface area contributed by atoms with Crippen molar-refractivity contribution in [1.82, 2.24) is 5.01 Å². The number of methoxy groups -OCH3 is 1. The summed E-state index contributed by atoms with van der Waals surface area (Å²) in [5, 5.41) is 24.2. The summed E-state index contributed by atoms with van der Waals surface area (Å²) >= 11 is 0. The number of hydrogen-bond donors (Lipinski definition) is 2. The minimum Gasteiger partial charge on any atom is -0.497 e. The number of rotatable bonds is 4. The van der Waals surface area contributed by atoms with Gasteiger partial charge in [0, 0.05) is 0 Å². The molecule has 6 nitrogen and oxygen atoms in total. The standard InChI is InChI=1S/C19H17F3N2O4/c1-28-14-9-7-12(8-10-14)15-11-18(27,19(20,21)22)24(23-15)17(26)16(25)13-5-3-2-4-6-13/h2-10,16,25,27H,11H2,1H3/t16-,18+/m1/s1. The molecule has 0 unspecified atom stereocenters. The van der Waals surface area contributed by atoms with Crippen LogP contribution in [0.15, 0.2) is 59.7 Å². The number of carbonyl (C=O) groups is 1. The van der Waals surface area contributed by atoms with Gasteiger partial charge in [0.1, 0.15) is 5.75 Å². The number of aliphatic hydroxyl groups is 2. The van der Waals surface area contributed by atoms with Crippen molar-refractivity contribution in [1.29, 1.82) is 0 Å². The lowest BCUT2D eigenvalue weighted by Gasteiger charge is -2.33. The number of halogens is 3. The van der Waals surface area contributed by atoms with Crippen LogP contribution >= 0.6 is 0 Å². The lowest BCUT2D eigenvalue weighted by Crippen LogP contribution is -2.57. The molecule has 0 saturated carbocycles. The summed E-state index contributed by atoms with van der Waals surface area (Å²) in [6, 6.07) is 13.4. The summed E-state index contributed by atoms with van der Waals surface area (Å²) < 4.78 is 45.8. The van der Waals surface area contributed by atoms with E-state index in [1.54, 1.807) is 6.07 Å². The Labute approximate surface area is 158 Å². The quantitative estimate of drug-likeness (QED) is 0.835. The van der Waals surface area contributed by atoms with Crippen LogP contribution in [0.2, 0.25) is 0 Å². The molecule has 3 rings (SSSR count). The summed E-state index contributed by atoms with van der Waals surface area (Å²) in [4.78, 5) is 12.6. The molecule has 0 radical (unpaired) electrons. The van der Waals surface area contributed by atoms with Gasteiger partial charge in [-0.1, -0.05) is 30.3 Å². The highest BCUT2D eigenvalue weighted by Crippen LogP contribution is 2.42. The molecule has 0 saturated heterocycles. The lowest BCUT2D eigenvalue weighted by atomic mass is 10.00. The molecule has 2 aromatic carbocycles. The van der Waals surface area contributed by atoms with E-state index in [4.69, 9.17) is 4.74 Å². The number of benzene rings is 2. The van der Waals surface area contributed by atoms with E-state index in [-0.39, 0.29) is 21.8 Å². The van der Waals surface area contributed by atoms with E-state index < -0.39 is 30.3 Å². The Kier molecular flexibility index (Phi) is 5.14. The monoisotopic (exact) mass is 394 g/mol. The van der Waals surface area contributed by atoms with E-state index in [1.165, 1.54) is 55.6 Å². The predicted molar refractivity (Wildman–Crippen MR) is 93.4 cm³/mol. The highest BCUT2D eigenvalue weighted by atomic mass is 19.4. The summed E-state index contributed by atoms with van der Waals surface area (Å²) in [5.41, 5.74) is -3.33. The fraction of sp³-hybridized carbons (Fsp3) is 0.263. The number of alkyl halides is 3. The van der Waals surface area contributed by atoms with Gasteiger partial charge in [-0.25, -0.2) is 0 Å². The highest BCUT2D eigenvalue weighted by Gasteiger charge is 2.63. The zero-order chi connectivity index (χ0) is 20.5. The molecular weight excluding hydrogens is 377 g/mol. The third-order valence-corrected chi connectivity index (χ3v) is 4.42. The van der Waals surface area contributed by atoms with E-state index in [2.05, 4.69) is 5.10 Å². The maximum Gasteiger partial charge on any atom is 0.438 e. The van der Waals surface area contributed by atoms with Crippen molar-refractivity contribution in [2.24, 2.45) is 5.10 Å². The third kappa shape index (κ3) is 3.46. The topological polar surface area (TPSA) is 82.4 Å². The number of aliphatic hydroxyl groups excluding tert-OH is 1. The second kappa shape index (κ2) is 7.25. The normalized spacial score (nSPS) is 20.6. The van der Waals surface area contributed by atoms with Crippen LogP contribution in [0, 0.1) is 0 Å². The van der Waals surface area contributed by atoms with Crippen molar-refractivity contribution in [3.63, 3.8) is 0 Å². The van der Waals surface area contributed by atoms with Crippen molar-refractivity contribution >= 4 is 11.6 Å². The molecule has 1 aliphatic rings. The SMILES string of the molecule is COc1ccc(C2=NN(C(=O)[C@H](O)c3ccccc3)[C@@](O)(C(F)(F)F)C2)cc1. The van der Waals surface area contributed by atoms with Crippen molar-refractivity contribution in [3.05, 3.63) is 65.7 Å². The van der Waals surface area contributed by atoms with Crippen LogP contribution in [0.4, 0.5) is 13.2 Å². The summed E-state index contributed by atoms with van der Waals surface area (Å²) in [6.07, 6.45) is -8.05. The first kappa shape index (κ1) is 19.8. The second-order valence-electron chi connectivity index (χ2n) is 6.23. The average molecular weight is 394 g/mol. The van der Waals surface area contributed by atoms with Gasteiger partial charge in [0.2, 0.25) is 0 Å².